The number of carbonyl (C=O) groups is 1. The molecule has 2 amide bonds. The van der Waals surface area contributed by atoms with E-state index in [1.54, 1.807) is 11.7 Å². The zero-order valence-corrected chi connectivity index (χ0v) is 11.4. The Morgan fingerprint density at radius 3 is 2.53 bits per heavy atom. The van der Waals surface area contributed by atoms with Gasteiger partial charge >= 0.3 is 6.03 Å². The molecule has 100 valence electrons. The smallest absolute Gasteiger partial charge is 0.320 e. The maximum Gasteiger partial charge on any atom is 0.320 e. The van der Waals surface area contributed by atoms with Crippen LogP contribution in [0.3, 0.4) is 0 Å². The highest BCUT2D eigenvalue weighted by Crippen LogP contribution is 2.07. The zero-order valence-electron chi connectivity index (χ0n) is 11.4. The van der Waals surface area contributed by atoms with Gasteiger partial charge in [0.05, 0.1) is 5.69 Å². The van der Waals surface area contributed by atoms with Crippen molar-refractivity contribution in [2.24, 2.45) is 7.05 Å². The lowest BCUT2D eigenvalue weighted by Gasteiger charge is -2.07. The van der Waals surface area contributed by atoms with Crippen molar-refractivity contribution in [1.82, 2.24) is 15.1 Å². The van der Waals surface area contributed by atoms with E-state index in [-0.39, 0.29) is 6.03 Å². The molecule has 0 unspecified atom stereocenters. The number of anilines is 1. The normalized spacial score (nSPS) is 10.3. The number of benzene rings is 1. The van der Waals surface area contributed by atoms with Crippen molar-refractivity contribution in [1.29, 1.82) is 0 Å². The van der Waals surface area contributed by atoms with E-state index in [1.807, 2.05) is 44.2 Å². The lowest BCUT2D eigenvalue weighted by atomic mass is 10.1. The third-order valence-corrected chi connectivity index (χ3v) is 2.82. The second-order valence-corrected chi connectivity index (χ2v) is 4.59. The van der Waals surface area contributed by atoms with Gasteiger partial charge in [-0.15, -0.1) is 0 Å². The van der Waals surface area contributed by atoms with Crippen LogP contribution in [0, 0.1) is 13.8 Å². The maximum atomic E-state index is 11.8. The summed E-state index contributed by atoms with van der Waals surface area (Å²) in [6.45, 7) is 4.42. The average Bonchev–Trinajstić information content (AvgIpc) is 2.67. The number of aryl methyl sites for hydroxylation is 3. The molecule has 5 heteroatoms. The molecule has 0 radical (unpaired) electrons. The van der Waals surface area contributed by atoms with Gasteiger partial charge in [-0.1, -0.05) is 29.8 Å². The summed E-state index contributed by atoms with van der Waals surface area (Å²) in [5.74, 6) is 0.680. The fraction of sp³-hybridized carbons (Fsp3) is 0.286. The van der Waals surface area contributed by atoms with E-state index in [2.05, 4.69) is 15.7 Å². The lowest BCUT2D eigenvalue weighted by Crippen LogP contribution is -2.29. The van der Waals surface area contributed by atoms with Crippen molar-refractivity contribution in [2.45, 2.75) is 20.4 Å². The molecule has 2 aromatic rings. The van der Waals surface area contributed by atoms with Crippen molar-refractivity contribution in [2.75, 3.05) is 5.32 Å². The number of amides is 2. The molecule has 0 aliphatic carbocycles. The van der Waals surface area contributed by atoms with Gasteiger partial charge in [-0.05, 0) is 19.4 Å². The molecule has 0 fully saturated rings. The summed E-state index contributed by atoms with van der Waals surface area (Å²) in [6.07, 6.45) is 0. The second kappa shape index (κ2) is 5.56. The summed E-state index contributed by atoms with van der Waals surface area (Å²) in [6, 6.07) is 9.65. The fourth-order valence-electron chi connectivity index (χ4n) is 1.78. The summed E-state index contributed by atoms with van der Waals surface area (Å²) >= 11 is 0. The standard InChI is InChI=1S/C14H18N4O/c1-10-4-6-12(7-5-10)9-15-14(19)16-13-8-11(2)17-18(13)3/h4-8H,9H2,1-3H3,(H2,15,16,19). The first-order chi connectivity index (χ1) is 9.04. The van der Waals surface area contributed by atoms with Crippen LogP contribution in [0.4, 0.5) is 10.6 Å². The van der Waals surface area contributed by atoms with Gasteiger partial charge in [-0.3, -0.25) is 10.00 Å². The lowest BCUT2D eigenvalue weighted by molar-refractivity contribution is 0.251. The molecule has 0 atom stereocenters. The van der Waals surface area contributed by atoms with Crippen LogP contribution in [-0.2, 0) is 13.6 Å². The molecular weight excluding hydrogens is 240 g/mol. The molecule has 0 bridgehead atoms. The first-order valence-electron chi connectivity index (χ1n) is 6.15. The fourth-order valence-corrected chi connectivity index (χ4v) is 1.78. The molecule has 2 rings (SSSR count). The van der Waals surface area contributed by atoms with Crippen LogP contribution in [0.1, 0.15) is 16.8 Å². The molecule has 0 spiro atoms. The highest BCUT2D eigenvalue weighted by atomic mass is 16.2. The Labute approximate surface area is 112 Å². The first kappa shape index (κ1) is 13.1. The maximum absolute atomic E-state index is 11.8. The van der Waals surface area contributed by atoms with Gasteiger partial charge in [-0.25, -0.2) is 4.79 Å². The van der Waals surface area contributed by atoms with Crippen molar-refractivity contribution in [3.63, 3.8) is 0 Å². The third kappa shape index (κ3) is 3.58. The average molecular weight is 258 g/mol. The minimum Gasteiger partial charge on any atom is -0.334 e. The molecule has 0 saturated carbocycles. The van der Waals surface area contributed by atoms with E-state index in [0.29, 0.717) is 12.4 Å². The molecule has 5 nitrogen and oxygen atoms in total. The Balaban J connectivity index is 1.88. The van der Waals surface area contributed by atoms with Crippen LogP contribution >= 0.6 is 0 Å². The number of hydrogen-bond acceptors (Lipinski definition) is 2. The monoisotopic (exact) mass is 258 g/mol. The Hall–Kier alpha value is -2.30. The van der Waals surface area contributed by atoms with Gasteiger partial charge in [0.2, 0.25) is 0 Å². The molecule has 0 aliphatic rings. The Morgan fingerprint density at radius 2 is 1.95 bits per heavy atom. The van der Waals surface area contributed by atoms with Gasteiger partial charge in [-0.2, -0.15) is 5.10 Å². The number of nitrogens with one attached hydrogen (secondary N) is 2. The number of nitrogens with zero attached hydrogens (tertiary/aromatic N) is 2. The van der Waals surface area contributed by atoms with Crippen molar-refractivity contribution in [3.8, 4) is 0 Å². The summed E-state index contributed by atoms with van der Waals surface area (Å²) < 4.78 is 1.64. The highest BCUT2D eigenvalue weighted by Gasteiger charge is 2.06. The van der Waals surface area contributed by atoms with Crippen LogP contribution in [0.2, 0.25) is 0 Å². The minimum atomic E-state index is -0.233. The number of hydrogen-bond donors (Lipinski definition) is 2. The molecule has 1 heterocycles. The predicted octanol–water partition coefficient (Wildman–Crippen LogP) is 2.36. The quantitative estimate of drug-likeness (QED) is 0.888. The Bertz CT molecular complexity index is 572. The largest absolute Gasteiger partial charge is 0.334 e. The molecule has 1 aromatic carbocycles. The molecule has 1 aromatic heterocycles. The van der Waals surface area contributed by atoms with Gasteiger partial charge < -0.3 is 5.32 Å². The van der Waals surface area contributed by atoms with Crippen molar-refractivity contribution < 1.29 is 4.79 Å². The number of urea groups is 1. The highest BCUT2D eigenvalue weighted by molar-refractivity contribution is 5.88. The summed E-state index contributed by atoms with van der Waals surface area (Å²) in [4.78, 5) is 11.8. The second-order valence-electron chi connectivity index (χ2n) is 4.59. The van der Waals surface area contributed by atoms with Gasteiger partial charge in [0.25, 0.3) is 0 Å². The van der Waals surface area contributed by atoms with Crippen LogP contribution in [-0.4, -0.2) is 15.8 Å². The van der Waals surface area contributed by atoms with Crippen molar-refractivity contribution >= 4 is 11.8 Å². The van der Waals surface area contributed by atoms with E-state index in [1.165, 1.54) is 5.56 Å². The number of aromatic nitrogens is 2. The zero-order chi connectivity index (χ0) is 13.8. The SMILES string of the molecule is Cc1ccc(CNC(=O)Nc2cc(C)nn2C)cc1. The van der Waals surface area contributed by atoms with Gasteiger partial charge in [0, 0.05) is 19.7 Å². The topological polar surface area (TPSA) is 59.0 Å². The van der Waals surface area contributed by atoms with E-state index < -0.39 is 0 Å². The van der Waals surface area contributed by atoms with Crippen molar-refractivity contribution in [3.05, 3.63) is 47.2 Å². The summed E-state index contributed by atoms with van der Waals surface area (Å²) in [7, 11) is 1.79. The van der Waals surface area contributed by atoms with Gasteiger partial charge in [0.1, 0.15) is 5.82 Å². The molecule has 0 aliphatic heterocycles. The van der Waals surface area contributed by atoms with E-state index in [4.69, 9.17) is 0 Å². The third-order valence-electron chi connectivity index (χ3n) is 2.82. The molecular formula is C14H18N4O. The van der Waals surface area contributed by atoms with E-state index >= 15 is 0 Å². The van der Waals surface area contributed by atoms with E-state index in [9.17, 15) is 4.79 Å². The summed E-state index contributed by atoms with van der Waals surface area (Å²) in [5, 5.41) is 9.74. The number of rotatable bonds is 3. The Kier molecular flexibility index (Phi) is 3.85. The minimum absolute atomic E-state index is 0.233. The Morgan fingerprint density at radius 1 is 1.26 bits per heavy atom. The van der Waals surface area contributed by atoms with E-state index in [0.717, 1.165) is 11.3 Å². The predicted molar refractivity (Wildman–Crippen MR) is 75.0 cm³/mol. The summed E-state index contributed by atoms with van der Waals surface area (Å²) in [5.41, 5.74) is 3.15. The van der Waals surface area contributed by atoms with Gasteiger partial charge in [0.15, 0.2) is 0 Å². The van der Waals surface area contributed by atoms with Crippen LogP contribution in [0.15, 0.2) is 30.3 Å². The molecule has 2 N–H and O–H groups in total. The molecule has 19 heavy (non-hydrogen) atoms. The first-order valence-corrected chi connectivity index (χ1v) is 6.15. The number of carbonyl (C=O) groups excluding carboxylic acids is 1. The van der Waals surface area contributed by atoms with Crippen LogP contribution < -0.4 is 10.6 Å². The van der Waals surface area contributed by atoms with Crippen LogP contribution in [0.25, 0.3) is 0 Å². The molecule has 0 saturated heterocycles. The van der Waals surface area contributed by atoms with Crippen LogP contribution in [0.5, 0.6) is 0 Å².